The minimum Gasteiger partial charge on any atom is -0.496 e. The van der Waals surface area contributed by atoms with Crippen LogP contribution in [0.25, 0.3) is 0 Å². The maximum atomic E-state index is 12.1. The Kier molecular flexibility index (Phi) is 8.56. The number of hydrogen-bond acceptors (Lipinski definition) is 5. The molecule has 5 nitrogen and oxygen atoms in total. The second-order valence-electron chi connectivity index (χ2n) is 6.52. The lowest BCUT2D eigenvalue weighted by atomic mass is 10.1. The zero-order valence-electron chi connectivity index (χ0n) is 16.7. The number of aryl methyl sites for hydroxylation is 1. The lowest BCUT2D eigenvalue weighted by Gasteiger charge is -2.14. The van der Waals surface area contributed by atoms with Crippen molar-refractivity contribution in [1.29, 1.82) is 0 Å². The van der Waals surface area contributed by atoms with Crippen molar-refractivity contribution in [2.24, 2.45) is 0 Å². The Balaban J connectivity index is 2.09. The van der Waals surface area contributed by atoms with E-state index in [0.717, 1.165) is 29.7 Å². The summed E-state index contributed by atoms with van der Waals surface area (Å²) >= 11 is 0. The van der Waals surface area contributed by atoms with Crippen LogP contribution in [-0.2, 0) is 17.8 Å². The number of carbonyl (C=O) groups excluding carboxylic acids is 1. The summed E-state index contributed by atoms with van der Waals surface area (Å²) in [7, 11) is 1.64. The van der Waals surface area contributed by atoms with Crippen LogP contribution in [0.3, 0.4) is 0 Å². The molecule has 5 heteroatoms. The van der Waals surface area contributed by atoms with Crippen molar-refractivity contribution in [2.45, 2.75) is 39.7 Å². The van der Waals surface area contributed by atoms with Crippen molar-refractivity contribution >= 4 is 5.97 Å². The van der Waals surface area contributed by atoms with Crippen LogP contribution in [0.2, 0.25) is 0 Å². The molecule has 0 aliphatic rings. The van der Waals surface area contributed by atoms with Crippen LogP contribution >= 0.6 is 0 Å². The molecule has 0 aliphatic carbocycles. The molecule has 0 fully saturated rings. The molecule has 2 aromatic carbocycles. The summed E-state index contributed by atoms with van der Waals surface area (Å²) < 4.78 is 16.8. The molecule has 0 saturated heterocycles. The SMILES string of the molecule is CCCc1ccc(COc2ccccc2OC(=O)/C=C(\C)CCO)c(OC)c1. The van der Waals surface area contributed by atoms with E-state index in [9.17, 15) is 4.79 Å². The van der Waals surface area contributed by atoms with Crippen LogP contribution in [0.1, 0.15) is 37.8 Å². The average Bonchev–Trinajstić information content (AvgIpc) is 2.68. The molecule has 2 aromatic rings. The summed E-state index contributed by atoms with van der Waals surface area (Å²) in [4.78, 5) is 12.1. The van der Waals surface area contributed by atoms with Crippen molar-refractivity contribution in [1.82, 2.24) is 0 Å². The fraction of sp³-hybridized carbons (Fsp3) is 0.348. The predicted molar refractivity (Wildman–Crippen MR) is 109 cm³/mol. The van der Waals surface area contributed by atoms with Gasteiger partial charge in [0.1, 0.15) is 12.4 Å². The highest BCUT2D eigenvalue weighted by Gasteiger charge is 2.11. The molecule has 150 valence electrons. The zero-order valence-corrected chi connectivity index (χ0v) is 16.7. The third-order valence-electron chi connectivity index (χ3n) is 4.20. The number of ether oxygens (including phenoxy) is 3. The van der Waals surface area contributed by atoms with Crippen LogP contribution in [-0.4, -0.2) is 24.8 Å². The van der Waals surface area contributed by atoms with Gasteiger partial charge >= 0.3 is 5.97 Å². The number of methoxy groups -OCH3 is 1. The van der Waals surface area contributed by atoms with Gasteiger partial charge in [0.15, 0.2) is 11.5 Å². The topological polar surface area (TPSA) is 65.0 Å². The van der Waals surface area contributed by atoms with Gasteiger partial charge in [0.25, 0.3) is 0 Å². The van der Waals surface area contributed by atoms with Gasteiger partial charge in [0.2, 0.25) is 0 Å². The number of carbonyl (C=O) groups is 1. The van der Waals surface area contributed by atoms with Crippen molar-refractivity contribution < 1.29 is 24.1 Å². The van der Waals surface area contributed by atoms with E-state index < -0.39 is 5.97 Å². The highest BCUT2D eigenvalue weighted by Crippen LogP contribution is 2.29. The Hall–Kier alpha value is -2.79. The molecule has 1 N–H and O–H groups in total. The Labute approximate surface area is 166 Å². The Morgan fingerprint density at radius 1 is 1.11 bits per heavy atom. The molecule has 2 rings (SSSR count). The Morgan fingerprint density at radius 2 is 1.86 bits per heavy atom. The third kappa shape index (κ3) is 6.43. The first-order valence-corrected chi connectivity index (χ1v) is 9.44. The molecule has 0 unspecified atom stereocenters. The molecule has 0 aromatic heterocycles. The molecule has 0 heterocycles. The number of aliphatic hydroxyl groups is 1. The molecule has 0 saturated carbocycles. The van der Waals surface area contributed by atoms with E-state index in [1.54, 1.807) is 32.2 Å². The molecule has 28 heavy (non-hydrogen) atoms. The zero-order chi connectivity index (χ0) is 20.4. The van der Waals surface area contributed by atoms with Crippen molar-refractivity contribution in [3.05, 3.63) is 65.2 Å². The summed E-state index contributed by atoms with van der Waals surface area (Å²) in [5.41, 5.74) is 2.90. The highest BCUT2D eigenvalue weighted by atomic mass is 16.6. The predicted octanol–water partition coefficient (Wildman–Crippen LogP) is 4.46. The van der Waals surface area contributed by atoms with Crippen LogP contribution in [0.15, 0.2) is 54.1 Å². The molecule has 0 spiro atoms. The van der Waals surface area contributed by atoms with Gasteiger partial charge in [-0.1, -0.05) is 43.2 Å². The van der Waals surface area contributed by atoms with Crippen LogP contribution in [0.4, 0.5) is 0 Å². The third-order valence-corrected chi connectivity index (χ3v) is 4.20. The number of para-hydroxylation sites is 2. The van der Waals surface area contributed by atoms with Gasteiger partial charge in [-0.05, 0) is 43.5 Å². The van der Waals surface area contributed by atoms with Crippen molar-refractivity contribution in [3.8, 4) is 17.2 Å². The van der Waals surface area contributed by atoms with E-state index in [1.807, 2.05) is 18.2 Å². The number of esters is 1. The first kappa shape index (κ1) is 21.5. The normalized spacial score (nSPS) is 11.2. The molecule has 0 bridgehead atoms. The van der Waals surface area contributed by atoms with E-state index >= 15 is 0 Å². The maximum Gasteiger partial charge on any atom is 0.336 e. The minimum absolute atomic E-state index is 0.00576. The van der Waals surface area contributed by atoms with E-state index in [2.05, 4.69) is 13.0 Å². The van der Waals surface area contributed by atoms with Crippen LogP contribution in [0.5, 0.6) is 17.2 Å². The summed E-state index contributed by atoms with van der Waals surface area (Å²) in [6.07, 6.45) is 3.88. The lowest BCUT2D eigenvalue weighted by Crippen LogP contribution is -2.07. The number of hydrogen-bond donors (Lipinski definition) is 1. The second kappa shape index (κ2) is 11.1. The average molecular weight is 384 g/mol. The summed E-state index contributed by atoms with van der Waals surface area (Å²) in [5.74, 6) is 1.11. The standard InChI is InChI=1S/C23H28O5/c1-4-7-18-10-11-19(22(15-18)26-3)16-27-20-8-5-6-9-21(20)28-23(25)14-17(2)12-13-24/h5-6,8-11,14-15,24H,4,7,12-13,16H2,1-3H3/b17-14+. The fourth-order valence-electron chi connectivity index (χ4n) is 2.75. The van der Waals surface area contributed by atoms with Gasteiger partial charge in [-0.2, -0.15) is 0 Å². The second-order valence-corrected chi connectivity index (χ2v) is 6.52. The van der Waals surface area contributed by atoms with Crippen LogP contribution < -0.4 is 14.2 Å². The number of rotatable bonds is 10. The largest absolute Gasteiger partial charge is 0.496 e. The van der Waals surface area contributed by atoms with Gasteiger partial charge in [-0.3, -0.25) is 0 Å². The molecular weight excluding hydrogens is 356 g/mol. The van der Waals surface area contributed by atoms with Crippen molar-refractivity contribution in [2.75, 3.05) is 13.7 Å². The monoisotopic (exact) mass is 384 g/mol. The quantitative estimate of drug-likeness (QED) is 0.372. The number of aliphatic hydroxyl groups excluding tert-OH is 1. The molecular formula is C23H28O5. The Morgan fingerprint density at radius 3 is 2.54 bits per heavy atom. The first-order chi connectivity index (χ1) is 13.6. The molecule has 0 aliphatic heterocycles. The maximum absolute atomic E-state index is 12.1. The van der Waals surface area contributed by atoms with Crippen LogP contribution in [0, 0.1) is 0 Å². The lowest BCUT2D eigenvalue weighted by molar-refractivity contribution is -0.129. The number of benzene rings is 2. The molecule has 0 radical (unpaired) electrons. The van der Waals surface area contributed by atoms with E-state index in [0.29, 0.717) is 24.5 Å². The van der Waals surface area contributed by atoms with Crippen molar-refractivity contribution in [3.63, 3.8) is 0 Å². The van der Waals surface area contributed by atoms with E-state index in [-0.39, 0.29) is 6.61 Å². The van der Waals surface area contributed by atoms with E-state index in [1.165, 1.54) is 11.6 Å². The molecule has 0 atom stereocenters. The first-order valence-electron chi connectivity index (χ1n) is 9.44. The summed E-state index contributed by atoms with van der Waals surface area (Å²) in [6.45, 7) is 4.20. The van der Waals surface area contributed by atoms with Gasteiger partial charge < -0.3 is 19.3 Å². The van der Waals surface area contributed by atoms with Gasteiger partial charge in [0, 0.05) is 18.2 Å². The van der Waals surface area contributed by atoms with Gasteiger partial charge in [0.05, 0.1) is 7.11 Å². The highest BCUT2D eigenvalue weighted by molar-refractivity contribution is 5.85. The van der Waals surface area contributed by atoms with Gasteiger partial charge in [-0.15, -0.1) is 0 Å². The van der Waals surface area contributed by atoms with E-state index in [4.69, 9.17) is 19.3 Å². The summed E-state index contributed by atoms with van der Waals surface area (Å²) in [6, 6.07) is 13.1. The Bertz CT molecular complexity index is 810. The smallest absolute Gasteiger partial charge is 0.336 e. The summed E-state index contributed by atoms with van der Waals surface area (Å²) in [5, 5.41) is 8.93. The molecule has 0 amide bonds. The van der Waals surface area contributed by atoms with Gasteiger partial charge in [-0.25, -0.2) is 4.79 Å². The minimum atomic E-state index is -0.497. The fourth-order valence-corrected chi connectivity index (χ4v) is 2.75.